The highest BCUT2D eigenvalue weighted by Gasteiger charge is 2.42. The van der Waals surface area contributed by atoms with Gasteiger partial charge in [-0.2, -0.15) is 0 Å². The maximum atomic E-state index is 12.3. The summed E-state index contributed by atoms with van der Waals surface area (Å²) in [4.78, 5) is 23.6. The molecule has 0 aliphatic heterocycles. The van der Waals surface area contributed by atoms with Crippen LogP contribution in [0.15, 0.2) is 24.3 Å². The van der Waals surface area contributed by atoms with Gasteiger partial charge in [-0.3, -0.25) is 4.79 Å². The number of amides is 3. The summed E-state index contributed by atoms with van der Waals surface area (Å²) in [7, 11) is 0. The molecule has 26 heavy (non-hydrogen) atoms. The lowest BCUT2D eigenvalue weighted by molar-refractivity contribution is -0.122. The Bertz CT molecular complexity index is 632. The van der Waals surface area contributed by atoms with Gasteiger partial charge in [0, 0.05) is 18.3 Å². The van der Waals surface area contributed by atoms with Gasteiger partial charge in [-0.1, -0.05) is 6.42 Å². The molecule has 142 valence electrons. The molecule has 6 heteroatoms. The number of urea groups is 1. The lowest BCUT2D eigenvalue weighted by atomic mass is 9.84. The molecule has 2 aliphatic carbocycles. The molecule has 6 nitrogen and oxygen atoms in total. The molecular formula is C20H29N3O3. The van der Waals surface area contributed by atoms with E-state index < -0.39 is 0 Å². The fourth-order valence-corrected chi connectivity index (χ4v) is 4.42. The van der Waals surface area contributed by atoms with E-state index in [9.17, 15) is 9.59 Å². The van der Waals surface area contributed by atoms with E-state index in [0.717, 1.165) is 11.8 Å². The number of carbonyl (C=O) groups excluding carboxylic acids is 2. The van der Waals surface area contributed by atoms with Gasteiger partial charge >= 0.3 is 6.03 Å². The summed E-state index contributed by atoms with van der Waals surface area (Å²) in [5.41, 5.74) is 0.702. The summed E-state index contributed by atoms with van der Waals surface area (Å²) in [6, 6.07) is 7.06. The molecule has 3 amide bonds. The number of nitrogens with one attached hydrogen (secondary N) is 3. The van der Waals surface area contributed by atoms with E-state index in [2.05, 4.69) is 22.9 Å². The molecule has 2 aliphatic rings. The van der Waals surface area contributed by atoms with Crippen molar-refractivity contribution < 1.29 is 14.3 Å². The van der Waals surface area contributed by atoms with Gasteiger partial charge in [0.25, 0.3) is 5.91 Å². The second-order valence-electron chi connectivity index (χ2n) is 7.49. The number of likely N-dealkylation sites (N-methyl/N-ethyl adjacent to an activating group) is 1. The van der Waals surface area contributed by atoms with Gasteiger partial charge < -0.3 is 20.7 Å². The normalized spacial score (nSPS) is 24.8. The number of hydrogen-bond acceptors (Lipinski definition) is 3. The van der Waals surface area contributed by atoms with Crippen LogP contribution in [0.5, 0.6) is 5.75 Å². The zero-order chi connectivity index (χ0) is 18.5. The van der Waals surface area contributed by atoms with Gasteiger partial charge in [-0.15, -0.1) is 0 Å². The van der Waals surface area contributed by atoms with Gasteiger partial charge in [0.05, 0.1) is 0 Å². The maximum absolute atomic E-state index is 12.3. The van der Waals surface area contributed by atoms with Crippen molar-refractivity contribution >= 4 is 17.6 Å². The minimum absolute atomic E-state index is 0.0117. The average Bonchev–Trinajstić information content (AvgIpc) is 3.24. The monoisotopic (exact) mass is 359 g/mol. The van der Waals surface area contributed by atoms with E-state index in [0.29, 0.717) is 23.9 Å². The third-order valence-corrected chi connectivity index (χ3v) is 5.65. The van der Waals surface area contributed by atoms with Crippen LogP contribution < -0.4 is 20.7 Å². The predicted molar refractivity (Wildman–Crippen MR) is 101 cm³/mol. The number of anilines is 1. The molecule has 0 heterocycles. The molecule has 2 fully saturated rings. The number of carbonyl (C=O) groups is 2. The Morgan fingerprint density at radius 1 is 1.19 bits per heavy atom. The second-order valence-corrected chi connectivity index (χ2v) is 7.49. The van der Waals surface area contributed by atoms with Crippen LogP contribution in [-0.4, -0.2) is 31.1 Å². The van der Waals surface area contributed by atoms with E-state index >= 15 is 0 Å². The molecule has 2 bridgehead atoms. The highest BCUT2D eigenvalue weighted by atomic mass is 16.5. The first kappa shape index (κ1) is 18.5. The maximum Gasteiger partial charge on any atom is 0.319 e. The first-order chi connectivity index (χ1) is 12.5. The molecule has 1 aromatic carbocycles. The van der Waals surface area contributed by atoms with Crippen LogP contribution in [0.1, 0.15) is 39.5 Å². The van der Waals surface area contributed by atoms with E-state index in [1.807, 2.05) is 6.92 Å². The third-order valence-electron chi connectivity index (χ3n) is 5.65. The first-order valence-corrected chi connectivity index (χ1v) is 9.62. The van der Waals surface area contributed by atoms with Gasteiger partial charge in [-0.05, 0) is 75.1 Å². The van der Waals surface area contributed by atoms with E-state index in [-0.39, 0.29) is 24.6 Å². The summed E-state index contributed by atoms with van der Waals surface area (Å²) in [6.07, 6.45) is 5.29. The lowest BCUT2D eigenvalue weighted by Gasteiger charge is -2.28. The fourth-order valence-electron chi connectivity index (χ4n) is 4.42. The Balaban J connectivity index is 1.43. The molecule has 2 saturated carbocycles. The van der Waals surface area contributed by atoms with E-state index in [4.69, 9.17) is 4.74 Å². The minimum Gasteiger partial charge on any atom is -0.484 e. The van der Waals surface area contributed by atoms with Crippen LogP contribution in [0.2, 0.25) is 0 Å². The van der Waals surface area contributed by atoms with Gasteiger partial charge in [-0.25, -0.2) is 4.79 Å². The minimum atomic E-state index is -0.170. The lowest BCUT2D eigenvalue weighted by Crippen LogP contribution is -2.42. The zero-order valence-corrected chi connectivity index (χ0v) is 15.6. The van der Waals surface area contributed by atoms with Crippen molar-refractivity contribution in [2.45, 2.75) is 45.6 Å². The largest absolute Gasteiger partial charge is 0.484 e. The molecule has 0 radical (unpaired) electrons. The number of benzene rings is 1. The highest BCUT2D eigenvalue weighted by molar-refractivity contribution is 5.89. The number of fused-ring (bicyclic) bond motifs is 2. The quantitative estimate of drug-likeness (QED) is 0.700. The second kappa shape index (κ2) is 8.43. The Labute approximate surface area is 155 Å². The first-order valence-electron chi connectivity index (χ1n) is 9.62. The van der Waals surface area contributed by atoms with Gasteiger partial charge in [0.1, 0.15) is 5.75 Å². The van der Waals surface area contributed by atoms with E-state index in [1.165, 1.54) is 25.7 Å². The summed E-state index contributed by atoms with van der Waals surface area (Å²) < 4.78 is 5.40. The van der Waals surface area contributed by atoms with Gasteiger partial charge in [0.2, 0.25) is 0 Å². The average molecular weight is 359 g/mol. The summed E-state index contributed by atoms with van der Waals surface area (Å²) in [6.45, 7) is 4.55. The molecule has 3 rings (SSSR count). The Morgan fingerprint density at radius 3 is 2.58 bits per heavy atom. The van der Waals surface area contributed by atoms with Crippen molar-refractivity contribution in [1.29, 1.82) is 0 Å². The predicted octanol–water partition coefficient (Wildman–Crippen LogP) is 3.15. The Kier molecular flexibility index (Phi) is 6.01. The molecule has 0 aromatic heterocycles. The third kappa shape index (κ3) is 4.68. The smallest absolute Gasteiger partial charge is 0.319 e. The van der Waals surface area contributed by atoms with Crippen LogP contribution in [0.25, 0.3) is 0 Å². The van der Waals surface area contributed by atoms with Crippen molar-refractivity contribution in [2.24, 2.45) is 17.8 Å². The van der Waals surface area contributed by atoms with E-state index in [1.54, 1.807) is 24.3 Å². The van der Waals surface area contributed by atoms with Gasteiger partial charge in [0.15, 0.2) is 6.61 Å². The highest BCUT2D eigenvalue weighted by Crippen LogP contribution is 2.49. The number of ether oxygens (including phenoxy) is 1. The molecule has 0 unspecified atom stereocenters. The molecule has 3 N–H and O–H groups in total. The van der Waals surface area contributed by atoms with Crippen LogP contribution in [0.3, 0.4) is 0 Å². The van der Waals surface area contributed by atoms with Crippen molar-refractivity contribution in [3.63, 3.8) is 0 Å². The summed E-state index contributed by atoms with van der Waals surface area (Å²) in [5, 5.41) is 8.63. The summed E-state index contributed by atoms with van der Waals surface area (Å²) >= 11 is 0. The Hall–Kier alpha value is -2.24. The standard InChI is InChI=1S/C20H29N3O3/c1-3-21-19(24)12-26-17-8-6-16(7-9-17)23-20(25)22-13(2)18-11-14-4-5-15(18)10-14/h6-9,13-15,18H,3-5,10-12H2,1-2H3,(H,21,24)(H2,22,23,25)/t13-,14+,15+,18-/m1/s1. The molecular weight excluding hydrogens is 330 g/mol. The van der Waals surface area contributed by atoms with Crippen molar-refractivity contribution in [3.05, 3.63) is 24.3 Å². The molecule has 1 aromatic rings. The SMILES string of the molecule is CCNC(=O)COc1ccc(NC(=O)N[C@H](C)[C@H]2C[C@H]3CC[C@H]2C3)cc1. The van der Waals surface area contributed by atoms with Crippen molar-refractivity contribution in [1.82, 2.24) is 10.6 Å². The number of hydrogen-bond donors (Lipinski definition) is 3. The Morgan fingerprint density at radius 2 is 1.96 bits per heavy atom. The number of rotatable bonds is 7. The van der Waals surface area contributed by atoms with Crippen LogP contribution >= 0.6 is 0 Å². The molecule has 0 spiro atoms. The molecule has 4 atom stereocenters. The molecule has 0 saturated heterocycles. The van der Waals surface area contributed by atoms with Crippen LogP contribution in [-0.2, 0) is 4.79 Å². The van der Waals surface area contributed by atoms with Crippen molar-refractivity contribution in [3.8, 4) is 5.75 Å². The zero-order valence-electron chi connectivity index (χ0n) is 15.6. The fraction of sp³-hybridized carbons (Fsp3) is 0.600. The summed E-state index contributed by atoms with van der Waals surface area (Å²) in [5.74, 6) is 2.73. The topological polar surface area (TPSA) is 79.5 Å². The van der Waals surface area contributed by atoms with Crippen LogP contribution in [0.4, 0.5) is 10.5 Å². The van der Waals surface area contributed by atoms with Crippen molar-refractivity contribution in [2.75, 3.05) is 18.5 Å². The van der Waals surface area contributed by atoms with Crippen LogP contribution in [0, 0.1) is 17.8 Å².